The van der Waals surface area contributed by atoms with E-state index in [0.29, 0.717) is 12.5 Å². The van der Waals surface area contributed by atoms with Gasteiger partial charge < -0.3 is 15.8 Å². The maximum atomic E-state index is 10.2. The summed E-state index contributed by atoms with van der Waals surface area (Å²) in [6.45, 7) is 4.24. The summed E-state index contributed by atoms with van der Waals surface area (Å²) in [5, 5.41) is 10.5. The fraction of sp³-hybridized carbons (Fsp3) is 0.500. The molecule has 0 bridgehead atoms. The van der Waals surface area contributed by atoms with E-state index in [1.54, 1.807) is 0 Å². The average molecular weight is 211 g/mol. The second kappa shape index (κ2) is 5.08. The number of rotatable bonds is 4. The van der Waals surface area contributed by atoms with E-state index < -0.39 is 6.09 Å². The third-order valence-corrected chi connectivity index (χ3v) is 1.72. The maximum Gasteiger partial charge on any atom is 0.404 e. The summed E-state index contributed by atoms with van der Waals surface area (Å²) < 4.78 is 4.52. The second-order valence-corrected chi connectivity index (χ2v) is 2.90. The van der Waals surface area contributed by atoms with Crippen molar-refractivity contribution in [3.8, 4) is 0 Å². The molecule has 7 nitrogen and oxygen atoms in total. The molecule has 82 valence electrons. The Hall–Kier alpha value is -1.92. The number of amides is 1. The summed E-state index contributed by atoms with van der Waals surface area (Å²) in [6.07, 6.45) is -0.795. The summed E-state index contributed by atoms with van der Waals surface area (Å²) in [6, 6.07) is 0. The molecule has 0 spiro atoms. The number of nitrogens with two attached hydrogens (primary N) is 1. The molecular formula is C8H13N5O2. The zero-order chi connectivity index (χ0) is 11.3. The molecule has 0 radical (unpaired) electrons. The predicted molar refractivity (Wildman–Crippen MR) is 53.3 cm³/mol. The molecule has 0 atom stereocenters. The number of ether oxygens (including phenoxy) is 1. The Balaban J connectivity index is 2.38. The van der Waals surface area contributed by atoms with Crippen molar-refractivity contribution < 1.29 is 9.53 Å². The van der Waals surface area contributed by atoms with Crippen LogP contribution in [0.3, 0.4) is 0 Å². The number of primary amides is 1. The van der Waals surface area contributed by atoms with Crippen LogP contribution in [0.4, 0.5) is 10.7 Å². The van der Waals surface area contributed by atoms with Crippen LogP contribution in [0.25, 0.3) is 0 Å². The van der Waals surface area contributed by atoms with E-state index in [-0.39, 0.29) is 6.61 Å². The molecule has 1 heterocycles. The molecular weight excluding hydrogens is 198 g/mol. The fourth-order valence-electron chi connectivity index (χ4n) is 0.846. The molecule has 0 saturated carbocycles. The zero-order valence-electron chi connectivity index (χ0n) is 8.65. The third-order valence-electron chi connectivity index (χ3n) is 1.72. The van der Waals surface area contributed by atoms with Crippen molar-refractivity contribution in [1.82, 2.24) is 15.2 Å². The van der Waals surface area contributed by atoms with Crippen molar-refractivity contribution >= 4 is 12.0 Å². The average Bonchev–Trinajstić information content (AvgIpc) is 2.18. The molecule has 3 N–H and O–H groups in total. The summed E-state index contributed by atoms with van der Waals surface area (Å²) >= 11 is 0. The van der Waals surface area contributed by atoms with E-state index in [0.717, 1.165) is 11.4 Å². The van der Waals surface area contributed by atoms with E-state index >= 15 is 0 Å². The Morgan fingerprint density at radius 2 is 2.13 bits per heavy atom. The minimum Gasteiger partial charge on any atom is -0.448 e. The summed E-state index contributed by atoms with van der Waals surface area (Å²) in [5.41, 5.74) is 6.38. The number of nitrogens with zero attached hydrogens (tertiary/aromatic N) is 3. The number of hydrogen-bond donors (Lipinski definition) is 2. The van der Waals surface area contributed by atoms with Gasteiger partial charge in [-0.15, -0.1) is 5.10 Å². The summed E-state index contributed by atoms with van der Waals surface area (Å²) in [7, 11) is 0. The third kappa shape index (κ3) is 3.75. The molecule has 0 aliphatic rings. The monoisotopic (exact) mass is 211 g/mol. The zero-order valence-corrected chi connectivity index (χ0v) is 8.65. The van der Waals surface area contributed by atoms with Crippen LogP contribution in [0, 0.1) is 13.8 Å². The minimum atomic E-state index is -0.795. The molecule has 7 heteroatoms. The van der Waals surface area contributed by atoms with Crippen molar-refractivity contribution in [1.29, 1.82) is 0 Å². The lowest BCUT2D eigenvalue weighted by Gasteiger charge is -2.05. The van der Waals surface area contributed by atoms with Crippen molar-refractivity contribution in [3.05, 3.63) is 11.4 Å². The van der Waals surface area contributed by atoms with Crippen molar-refractivity contribution in [2.24, 2.45) is 5.73 Å². The van der Waals surface area contributed by atoms with Gasteiger partial charge >= 0.3 is 6.09 Å². The van der Waals surface area contributed by atoms with Gasteiger partial charge in [-0.2, -0.15) is 5.10 Å². The lowest BCUT2D eigenvalue weighted by atomic mass is 10.4. The number of hydrogen-bond acceptors (Lipinski definition) is 6. The largest absolute Gasteiger partial charge is 0.448 e. The first-order valence-electron chi connectivity index (χ1n) is 4.43. The highest BCUT2D eigenvalue weighted by molar-refractivity contribution is 5.64. The first kappa shape index (κ1) is 11.2. The van der Waals surface area contributed by atoms with Crippen LogP contribution < -0.4 is 11.1 Å². The van der Waals surface area contributed by atoms with Gasteiger partial charge in [0.2, 0.25) is 5.95 Å². The van der Waals surface area contributed by atoms with E-state index in [9.17, 15) is 4.79 Å². The second-order valence-electron chi connectivity index (χ2n) is 2.90. The van der Waals surface area contributed by atoms with E-state index in [4.69, 9.17) is 5.73 Å². The van der Waals surface area contributed by atoms with Crippen LogP contribution in [0.1, 0.15) is 11.4 Å². The Labute approximate surface area is 87.0 Å². The van der Waals surface area contributed by atoms with E-state index in [1.807, 2.05) is 13.8 Å². The number of aromatic nitrogens is 3. The quantitative estimate of drug-likeness (QED) is 0.679. The van der Waals surface area contributed by atoms with Gasteiger partial charge in [-0.3, -0.25) is 0 Å². The summed E-state index contributed by atoms with van der Waals surface area (Å²) in [4.78, 5) is 14.4. The van der Waals surface area contributed by atoms with Crippen LogP contribution >= 0.6 is 0 Å². The van der Waals surface area contributed by atoms with E-state index in [2.05, 4.69) is 25.2 Å². The van der Waals surface area contributed by atoms with Crippen LogP contribution in [0.5, 0.6) is 0 Å². The highest BCUT2D eigenvalue weighted by Gasteiger charge is 2.00. The van der Waals surface area contributed by atoms with Gasteiger partial charge in [0.25, 0.3) is 0 Å². The fourth-order valence-corrected chi connectivity index (χ4v) is 0.846. The summed E-state index contributed by atoms with van der Waals surface area (Å²) in [5.74, 6) is 0.408. The smallest absolute Gasteiger partial charge is 0.404 e. The first-order chi connectivity index (χ1) is 7.09. The van der Waals surface area contributed by atoms with Gasteiger partial charge in [0.15, 0.2) is 0 Å². The normalized spacial score (nSPS) is 9.73. The molecule has 0 saturated heterocycles. The molecule has 1 amide bonds. The lowest BCUT2D eigenvalue weighted by Crippen LogP contribution is -2.19. The molecule has 0 aromatic carbocycles. The Bertz CT molecular complexity index is 355. The van der Waals surface area contributed by atoms with Crippen LogP contribution in [-0.4, -0.2) is 34.4 Å². The number of carbonyl (C=O) groups excluding carboxylic acids is 1. The Morgan fingerprint density at radius 1 is 1.40 bits per heavy atom. The topological polar surface area (TPSA) is 103 Å². The molecule has 0 fully saturated rings. The van der Waals surface area contributed by atoms with Crippen molar-refractivity contribution in [2.45, 2.75) is 13.8 Å². The van der Waals surface area contributed by atoms with Gasteiger partial charge in [-0.1, -0.05) is 0 Å². The van der Waals surface area contributed by atoms with Crippen molar-refractivity contribution in [2.75, 3.05) is 18.5 Å². The SMILES string of the molecule is Cc1nnc(NCCOC(N)=O)nc1C. The van der Waals surface area contributed by atoms with Gasteiger partial charge in [0, 0.05) is 0 Å². The molecule has 1 aromatic heterocycles. The van der Waals surface area contributed by atoms with Crippen LogP contribution in [0.2, 0.25) is 0 Å². The molecule has 0 unspecified atom stereocenters. The van der Waals surface area contributed by atoms with E-state index in [1.165, 1.54) is 0 Å². The lowest BCUT2D eigenvalue weighted by molar-refractivity contribution is 0.161. The Morgan fingerprint density at radius 3 is 2.73 bits per heavy atom. The number of carbonyl (C=O) groups is 1. The minimum absolute atomic E-state index is 0.172. The van der Waals surface area contributed by atoms with Crippen LogP contribution in [0.15, 0.2) is 0 Å². The Kier molecular flexibility index (Phi) is 3.78. The predicted octanol–water partition coefficient (Wildman–Crippen LogP) is -0.00436. The number of anilines is 1. The molecule has 0 aliphatic heterocycles. The molecule has 15 heavy (non-hydrogen) atoms. The van der Waals surface area contributed by atoms with Crippen molar-refractivity contribution in [3.63, 3.8) is 0 Å². The first-order valence-corrected chi connectivity index (χ1v) is 4.43. The standard InChI is InChI=1S/C8H13N5O2/c1-5-6(2)12-13-8(11-5)10-3-4-15-7(9)14/h3-4H2,1-2H3,(H2,9,14)(H,10,11,13). The van der Waals surface area contributed by atoms with Crippen LogP contribution in [-0.2, 0) is 4.74 Å². The highest BCUT2D eigenvalue weighted by atomic mass is 16.5. The van der Waals surface area contributed by atoms with Gasteiger partial charge in [-0.25, -0.2) is 9.78 Å². The number of aryl methyl sites for hydroxylation is 2. The van der Waals surface area contributed by atoms with Gasteiger partial charge in [0.1, 0.15) is 6.61 Å². The maximum absolute atomic E-state index is 10.2. The molecule has 1 aromatic rings. The van der Waals surface area contributed by atoms with Gasteiger partial charge in [0.05, 0.1) is 17.9 Å². The highest BCUT2D eigenvalue weighted by Crippen LogP contribution is 2.00. The molecule has 0 aliphatic carbocycles. The number of nitrogens with one attached hydrogen (secondary N) is 1. The molecule has 1 rings (SSSR count). The van der Waals surface area contributed by atoms with Gasteiger partial charge in [-0.05, 0) is 13.8 Å².